The molecule has 2 heteroatoms. The van der Waals surface area contributed by atoms with Crippen LogP contribution in [-0.4, -0.2) is 13.0 Å². The third-order valence-electron chi connectivity index (χ3n) is 2.16. The fraction of sp³-hybridized carbons (Fsp3) is 0.455. The number of aryl methyl sites for hydroxylation is 1. The molecule has 0 amide bonds. The Labute approximate surface area is 81.2 Å². The van der Waals surface area contributed by atoms with Gasteiger partial charge >= 0.3 is 0 Å². The minimum atomic E-state index is -0.411. The first kappa shape index (κ1) is 10.3. The van der Waals surface area contributed by atoms with E-state index in [4.69, 9.17) is 7.85 Å². The number of rotatable bonds is 3. The van der Waals surface area contributed by atoms with Gasteiger partial charge in [0, 0.05) is 0 Å². The van der Waals surface area contributed by atoms with Gasteiger partial charge < -0.3 is 5.11 Å². The monoisotopic (exact) mass is 174 g/mol. The zero-order valence-electron chi connectivity index (χ0n) is 8.25. The molecule has 2 radical (unpaired) electrons. The largest absolute Gasteiger partial charge is 0.388 e. The molecule has 1 aromatic carbocycles. The van der Waals surface area contributed by atoms with Gasteiger partial charge in [-0.3, -0.25) is 0 Å². The second-order valence-corrected chi connectivity index (χ2v) is 3.44. The quantitative estimate of drug-likeness (QED) is 0.690. The lowest BCUT2D eigenvalue weighted by atomic mass is 9.86. The molecule has 1 atom stereocenters. The van der Waals surface area contributed by atoms with Crippen LogP contribution in [0.25, 0.3) is 0 Å². The molecule has 0 bridgehead atoms. The summed E-state index contributed by atoms with van der Waals surface area (Å²) in [5.41, 5.74) is 2.68. The molecule has 0 saturated heterocycles. The first-order valence-electron chi connectivity index (χ1n) is 4.69. The Morgan fingerprint density at radius 1 is 1.46 bits per heavy atom. The van der Waals surface area contributed by atoms with Crippen molar-refractivity contribution in [2.75, 3.05) is 0 Å². The Morgan fingerprint density at radius 2 is 2.15 bits per heavy atom. The third kappa shape index (κ3) is 2.59. The van der Waals surface area contributed by atoms with Crippen LogP contribution < -0.4 is 5.46 Å². The molecule has 1 N–H and O–H groups in total. The van der Waals surface area contributed by atoms with Crippen molar-refractivity contribution in [3.8, 4) is 0 Å². The lowest BCUT2D eigenvalue weighted by Gasteiger charge is -2.13. The summed E-state index contributed by atoms with van der Waals surface area (Å²) < 4.78 is 0. The minimum absolute atomic E-state index is 0.411. The molecule has 68 valence electrons. The van der Waals surface area contributed by atoms with Crippen molar-refractivity contribution in [3.05, 3.63) is 29.3 Å². The van der Waals surface area contributed by atoms with E-state index in [0.29, 0.717) is 5.46 Å². The molecule has 0 fully saturated rings. The van der Waals surface area contributed by atoms with Crippen molar-refractivity contribution in [1.29, 1.82) is 0 Å². The zero-order valence-corrected chi connectivity index (χ0v) is 8.25. The van der Waals surface area contributed by atoms with Crippen molar-refractivity contribution in [1.82, 2.24) is 0 Å². The number of aliphatic hydroxyl groups excluding tert-OH is 1. The van der Waals surface area contributed by atoms with Gasteiger partial charge in [-0.1, -0.05) is 42.6 Å². The van der Waals surface area contributed by atoms with E-state index < -0.39 is 6.10 Å². The van der Waals surface area contributed by atoms with Gasteiger partial charge in [-0.15, -0.1) is 0 Å². The molecule has 0 aliphatic rings. The normalized spacial score (nSPS) is 12.8. The molecule has 1 nitrogen and oxygen atoms in total. The molecule has 0 aliphatic carbocycles. The van der Waals surface area contributed by atoms with Crippen LogP contribution >= 0.6 is 0 Å². The fourth-order valence-corrected chi connectivity index (χ4v) is 1.43. The molecule has 0 aromatic heterocycles. The summed E-state index contributed by atoms with van der Waals surface area (Å²) in [6.07, 6.45) is 1.33. The molecular weight excluding hydrogens is 159 g/mol. The molecule has 1 rings (SSSR count). The lowest BCUT2D eigenvalue weighted by molar-refractivity contribution is 0.167. The number of hydrogen-bond acceptors (Lipinski definition) is 1. The highest BCUT2D eigenvalue weighted by molar-refractivity contribution is 6.33. The lowest BCUT2D eigenvalue weighted by Crippen LogP contribution is -2.14. The molecule has 1 unspecified atom stereocenters. The summed E-state index contributed by atoms with van der Waals surface area (Å²) in [4.78, 5) is 0. The first-order valence-corrected chi connectivity index (χ1v) is 4.69. The number of benzene rings is 1. The summed E-state index contributed by atoms with van der Waals surface area (Å²) in [7, 11) is 5.79. The van der Waals surface area contributed by atoms with Crippen LogP contribution in [0.1, 0.15) is 37.0 Å². The summed E-state index contributed by atoms with van der Waals surface area (Å²) in [6, 6.07) is 5.78. The van der Waals surface area contributed by atoms with Crippen LogP contribution in [-0.2, 0) is 0 Å². The molecular formula is C11H15BO. The van der Waals surface area contributed by atoms with E-state index in [-0.39, 0.29) is 0 Å². The maximum absolute atomic E-state index is 9.71. The third-order valence-corrected chi connectivity index (χ3v) is 2.16. The number of hydrogen-bond donors (Lipinski definition) is 1. The molecule has 0 heterocycles. The van der Waals surface area contributed by atoms with Crippen molar-refractivity contribution in [2.45, 2.75) is 32.8 Å². The van der Waals surface area contributed by atoms with Gasteiger partial charge in [0.05, 0.1) is 6.10 Å². The van der Waals surface area contributed by atoms with Gasteiger partial charge in [0.2, 0.25) is 0 Å². The summed E-state index contributed by atoms with van der Waals surface area (Å²) in [5, 5.41) is 9.71. The predicted molar refractivity (Wildman–Crippen MR) is 56.4 cm³/mol. The van der Waals surface area contributed by atoms with Gasteiger partial charge in [0.25, 0.3) is 0 Å². The molecule has 0 spiro atoms. The zero-order chi connectivity index (χ0) is 9.84. The molecule has 13 heavy (non-hydrogen) atoms. The van der Waals surface area contributed by atoms with Crippen LogP contribution in [0.5, 0.6) is 0 Å². The summed E-state index contributed by atoms with van der Waals surface area (Å²) in [6.45, 7) is 4.04. The smallest absolute Gasteiger partial charge is 0.114 e. The van der Waals surface area contributed by atoms with Gasteiger partial charge in [0.15, 0.2) is 0 Å². The van der Waals surface area contributed by atoms with Crippen molar-refractivity contribution in [2.24, 2.45) is 0 Å². The molecule has 0 saturated carbocycles. The van der Waals surface area contributed by atoms with E-state index >= 15 is 0 Å². The predicted octanol–water partition coefficient (Wildman–Crippen LogP) is 1.62. The standard InChI is InChI=1S/C11H15BO/c1-3-4-11(13)9-6-5-8(2)7-10(9)12/h5-7,11,13H,3-4H2,1-2H3. The van der Waals surface area contributed by atoms with E-state index in [1.54, 1.807) is 0 Å². The van der Waals surface area contributed by atoms with Crippen LogP contribution in [0.15, 0.2) is 18.2 Å². The Morgan fingerprint density at radius 3 is 2.69 bits per heavy atom. The second-order valence-electron chi connectivity index (χ2n) is 3.44. The SMILES string of the molecule is [B]c1cc(C)ccc1C(O)CCC. The van der Waals surface area contributed by atoms with E-state index in [1.165, 1.54) is 0 Å². The van der Waals surface area contributed by atoms with Crippen molar-refractivity contribution < 1.29 is 5.11 Å². The maximum atomic E-state index is 9.71. The maximum Gasteiger partial charge on any atom is 0.114 e. The van der Waals surface area contributed by atoms with E-state index in [2.05, 4.69) is 0 Å². The average Bonchev–Trinajstić information content (AvgIpc) is 2.04. The highest BCUT2D eigenvalue weighted by Crippen LogP contribution is 2.16. The Bertz CT molecular complexity index is 283. The minimum Gasteiger partial charge on any atom is -0.388 e. The van der Waals surface area contributed by atoms with Crippen molar-refractivity contribution in [3.63, 3.8) is 0 Å². The van der Waals surface area contributed by atoms with Crippen LogP contribution in [0.2, 0.25) is 0 Å². The highest BCUT2D eigenvalue weighted by atomic mass is 16.3. The van der Waals surface area contributed by atoms with Gasteiger partial charge in [0.1, 0.15) is 7.85 Å². The average molecular weight is 174 g/mol. The van der Waals surface area contributed by atoms with E-state index in [0.717, 1.165) is 24.0 Å². The fourth-order valence-electron chi connectivity index (χ4n) is 1.43. The van der Waals surface area contributed by atoms with Crippen molar-refractivity contribution >= 4 is 13.3 Å². The Hall–Kier alpha value is -0.755. The second kappa shape index (κ2) is 4.47. The van der Waals surface area contributed by atoms with Gasteiger partial charge in [-0.2, -0.15) is 0 Å². The highest BCUT2D eigenvalue weighted by Gasteiger charge is 2.07. The topological polar surface area (TPSA) is 20.2 Å². The van der Waals surface area contributed by atoms with Crippen LogP contribution in [0, 0.1) is 6.92 Å². The first-order chi connectivity index (χ1) is 6.15. The number of aliphatic hydroxyl groups is 1. The summed E-state index contributed by atoms with van der Waals surface area (Å²) in [5.74, 6) is 0. The van der Waals surface area contributed by atoms with Crippen LogP contribution in [0.3, 0.4) is 0 Å². The van der Waals surface area contributed by atoms with Crippen LogP contribution in [0.4, 0.5) is 0 Å². The van der Waals surface area contributed by atoms with Gasteiger partial charge in [-0.25, -0.2) is 0 Å². The van der Waals surface area contributed by atoms with E-state index in [9.17, 15) is 5.11 Å². The molecule has 1 aromatic rings. The Balaban J connectivity index is 2.88. The Kier molecular flexibility index (Phi) is 3.55. The van der Waals surface area contributed by atoms with Gasteiger partial charge in [-0.05, 0) is 18.9 Å². The van der Waals surface area contributed by atoms with E-state index in [1.807, 2.05) is 32.0 Å². The summed E-state index contributed by atoms with van der Waals surface area (Å²) >= 11 is 0. The molecule has 0 aliphatic heterocycles.